The quantitative estimate of drug-likeness (QED) is 0.802. The van der Waals surface area contributed by atoms with Gasteiger partial charge in [0.25, 0.3) is 0 Å². The van der Waals surface area contributed by atoms with Gasteiger partial charge >= 0.3 is 0 Å². The number of nitrogens with one attached hydrogen (secondary N) is 1. The molecule has 1 aromatic carbocycles. The lowest BCUT2D eigenvalue weighted by Gasteiger charge is -2.07. The van der Waals surface area contributed by atoms with Gasteiger partial charge in [-0.15, -0.1) is 0 Å². The standard InChI is InChI=1S/C11H14BrNO3/c12-9-6-11-10(15-7-16-11)5-8(9)1-2-13-3-4-14/h5-6,13-14H,1-4,7H2. The normalized spacial score (nSPS) is 13.1. The summed E-state index contributed by atoms with van der Waals surface area (Å²) in [6, 6.07) is 3.93. The van der Waals surface area contributed by atoms with Gasteiger partial charge in [-0.05, 0) is 30.7 Å². The average Bonchev–Trinajstić information content (AvgIpc) is 2.71. The van der Waals surface area contributed by atoms with E-state index in [4.69, 9.17) is 14.6 Å². The third kappa shape index (κ3) is 2.66. The zero-order valence-electron chi connectivity index (χ0n) is 8.83. The van der Waals surface area contributed by atoms with Crippen molar-refractivity contribution in [3.8, 4) is 11.5 Å². The van der Waals surface area contributed by atoms with Crippen LogP contribution in [0.4, 0.5) is 0 Å². The van der Waals surface area contributed by atoms with E-state index in [2.05, 4.69) is 21.2 Å². The highest BCUT2D eigenvalue weighted by atomic mass is 79.9. The van der Waals surface area contributed by atoms with Gasteiger partial charge in [0.1, 0.15) is 0 Å². The van der Waals surface area contributed by atoms with Crippen LogP contribution in [0, 0.1) is 0 Å². The Kier molecular flexibility index (Phi) is 4.04. The van der Waals surface area contributed by atoms with E-state index in [1.807, 2.05) is 12.1 Å². The van der Waals surface area contributed by atoms with Crippen LogP contribution >= 0.6 is 15.9 Å². The third-order valence-corrected chi connectivity index (χ3v) is 3.14. The van der Waals surface area contributed by atoms with Gasteiger partial charge < -0.3 is 19.9 Å². The summed E-state index contributed by atoms with van der Waals surface area (Å²) in [5.74, 6) is 1.60. The van der Waals surface area contributed by atoms with Crippen LogP contribution in [-0.2, 0) is 6.42 Å². The van der Waals surface area contributed by atoms with Crippen molar-refractivity contribution in [2.24, 2.45) is 0 Å². The van der Waals surface area contributed by atoms with E-state index in [9.17, 15) is 0 Å². The molecule has 4 nitrogen and oxygen atoms in total. The molecule has 2 N–H and O–H groups in total. The lowest BCUT2D eigenvalue weighted by Crippen LogP contribution is -2.20. The minimum absolute atomic E-state index is 0.169. The maximum Gasteiger partial charge on any atom is 0.231 e. The monoisotopic (exact) mass is 287 g/mol. The first-order valence-electron chi connectivity index (χ1n) is 5.21. The summed E-state index contributed by atoms with van der Waals surface area (Å²) >= 11 is 3.51. The number of fused-ring (bicyclic) bond motifs is 1. The molecule has 0 unspecified atom stereocenters. The maximum absolute atomic E-state index is 8.64. The molecule has 1 aliphatic rings. The summed E-state index contributed by atoms with van der Waals surface area (Å²) in [5, 5.41) is 11.8. The molecular weight excluding hydrogens is 274 g/mol. The highest BCUT2D eigenvalue weighted by molar-refractivity contribution is 9.10. The number of rotatable bonds is 5. The predicted octanol–water partition coefficient (Wildman–Crippen LogP) is 1.30. The van der Waals surface area contributed by atoms with Gasteiger partial charge in [-0.1, -0.05) is 15.9 Å². The van der Waals surface area contributed by atoms with E-state index in [-0.39, 0.29) is 6.61 Å². The van der Waals surface area contributed by atoms with E-state index in [0.29, 0.717) is 13.3 Å². The van der Waals surface area contributed by atoms with Gasteiger partial charge in [-0.2, -0.15) is 0 Å². The molecule has 0 aromatic heterocycles. The second-order valence-electron chi connectivity index (χ2n) is 3.52. The van der Waals surface area contributed by atoms with E-state index in [0.717, 1.165) is 28.9 Å². The van der Waals surface area contributed by atoms with Crippen LogP contribution < -0.4 is 14.8 Å². The molecular formula is C11H14BrNO3. The maximum atomic E-state index is 8.64. The molecule has 1 heterocycles. The van der Waals surface area contributed by atoms with Crippen molar-refractivity contribution >= 4 is 15.9 Å². The number of hydrogen-bond acceptors (Lipinski definition) is 4. The minimum atomic E-state index is 0.169. The van der Waals surface area contributed by atoms with Crippen LogP contribution in [0.25, 0.3) is 0 Å². The fourth-order valence-corrected chi connectivity index (χ4v) is 2.10. The fraction of sp³-hybridized carbons (Fsp3) is 0.455. The molecule has 0 amide bonds. The van der Waals surface area contributed by atoms with Gasteiger partial charge in [0, 0.05) is 11.0 Å². The third-order valence-electron chi connectivity index (χ3n) is 2.40. The summed E-state index contributed by atoms with van der Waals surface area (Å²) in [7, 11) is 0. The Hall–Kier alpha value is -0.780. The predicted molar refractivity (Wildman–Crippen MR) is 63.9 cm³/mol. The fourth-order valence-electron chi connectivity index (χ4n) is 1.58. The number of halogens is 1. The Balaban J connectivity index is 1.98. The van der Waals surface area contributed by atoms with Gasteiger partial charge in [0.2, 0.25) is 6.79 Å². The first kappa shape index (κ1) is 11.7. The molecule has 0 fully saturated rings. The van der Waals surface area contributed by atoms with Crippen LogP contribution in [0.1, 0.15) is 5.56 Å². The summed E-state index contributed by atoms with van der Waals surface area (Å²) in [6.45, 7) is 1.93. The second-order valence-corrected chi connectivity index (χ2v) is 4.37. The number of aliphatic hydroxyl groups excluding tert-OH is 1. The molecule has 16 heavy (non-hydrogen) atoms. The highest BCUT2D eigenvalue weighted by Crippen LogP contribution is 2.36. The molecule has 0 spiro atoms. The molecule has 5 heteroatoms. The number of hydrogen-bond donors (Lipinski definition) is 2. The Bertz CT molecular complexity index is 370. The summed E-state index contributed by atoms with van der Waals surface area (Å²) in [5.41, 5.74) is 1.18. The second kappa shape index (κ2) is 5.52. The summed E-state index contributed by atoms with van der Waals surface area (Å²) < 4.78 is 11.6. The van der Waals surface area contributed by atoms with Crippen LogP contribution in [0.2, 0.25) is 0 Å². The van der Waals surface area contributed by atoms with E-state index >= 15 is 0 Å². The molecule has 88 valence electrons. The average molecular weight is 288 g/mol. The van der Waals surface area contributed by atoms with Crippen LogP contribution in [0.5, 0.6) is 11.5 Å². The Morgan fingerprint density at radius 2 is 2.00 bits per heavy atom. The van der Waals surface area contributed by atoms with Gasteiger partial charge in [-0.3, -0.25) is 0 Å². The van der Waals surface area contributed by atoms with Crippen molar-refractivity contribution in [2.75, 3.05) is 26.5 Å². The van der Waals surface area contributed by atoms with Crippen molar-refractivity contribution < 1.29 is 14.6 Å². The Labute approximate surface area is 103 Å². The molecule has 1 aromatic rings. The first-order valence-corrected chi connectivity index (χ1v) is 6.00. The van der Waals surface area contributed by atoms with Crippen molar-refractivity contribution in [1.29, 1.82) is 0 Å². The zero-order valence-corrected chi connectivity index (χ0v) is 10.4. The van der Waals surface area contributed by atoms with Crippen LogP contribution in [-0.4, -0.2) is 31.6 Å². The number of ether oxygens (including phenoxy) is 2. The van der Waals surface area contributed by atoms with Gasteiger partial charge in [0.05, 0.1) is 6.61 Å². The summed E-state index contributed by atoms with van der Waals surface area (Å²) in [6.07, 6.45) is 0.886. The lowest BCUT2D eigenvalue weighted by atomic mass is 10.1. The number of aliphatic hydroxyl groups is 1. The van der Waals surface area contributed by atoms with Gasteiger partial charge in [0.15, 0.2) is 11.5 Å². The van der Waals surface area contributed by atoms with Crippen LogP contribution in [0.3, 0.4) is 0 Å². The molecule has 0 aliphatic carbocycles. The first-order chi connectivity index (χ1) is 7.81. The molecule has 1 aliphatic heterocycles. The molecule has 0 saturated heterocycles. The Morgan fingerprint density at radius 3 is 2.75 bits per heavy atom. The largest absolute Gasteiger partial charge is 0.454 e. The van der Waals surface area contributed by atoms with Crippen molar-refractivity contribution in [1.82, 2.24) is 5.32 Å². The van der Waals surface area contributed by atoms with Crippen LogP contribution in [0.15, 0.2) is 16.6 Å². The van der Waals surface area contributed by atoms with Gasteiger partial charge in [-0.25, -0.2) is 0 Å². The highest BCUT2D eigenvalue weighted by Gasteiger charge is 2.15. The van der Waals surface area contributed by atoms with E-state index in [1.165, 1.54) is 5.56 Å². The molecule has 0 saturated carbocycles. The SMILES string of the molecule is OCCNCCc1cc2c(cc1Br)OCO2. The summed E-state index contributed by atoms with van der Waals surface area (Å²) in [4.78, 5) is 0. The molecule has 2 rings (SSSR count). The minimum Gasteiger partial charge on any atom is -0.454 e. The van der Waals surface area contributed by atoms with Crippen molar-refractivity contribution in [3.05, 3.63) is 22.2 Å². The lowest BCUT2D eigenvalue weighted by molar-refractivity contribution is 0.174. The molecule has 0 radical (unpaired) electrons. The topological polar surface area (TPSA) is 50.7 Å². The van der Waals surface area contributed by atoms with E-state index in [1.54, 1.807) is 0 Å². The molecule has 0 atom stereocenters. The smallest absolute Gasteiger partial charge is 0.231 e. The van der Waals surface area contributed by atoms with Crippen molar-refractivity contribution in [3.63, 3.8) is 0 Å². The molecule has 0 bridgehead atoms. The van der Waals surface area contributed by atoms with Crippen molar-refractivity contribution in [2.45, 2.75) is 6.42 Å². The zero-order chi connectivity index (χ0) is 11.4. The van der Waals surface area contributed by atoms with E-state index < -0.39 is 0 Å². The number of benzene rings is 1. The Morgan fingerprint density at radius 1 is 1.25 bits per heavy atom.